The third kappa shape index (κ3) is 11.4. The maximum Gasteiger partial charge on any atom is 0.343 e. The fourth-order valence-corrected chi connectivity index (χ4v) is 6.67. The van der Waals surface area contributed by atoms with Crippen molar-refractivity contribution in [3.8, 4) is 45.3 Å². The molecule has 8 nitrogen and oxygen atoms in total. The Labute approximate surface area is 361 Å². The number of hydrogen-bond acceptors (Lipinski definition) is 8. The van der Waals surface area contributed by atoms with Crippen LogP contribution in [0.4, 0.5) is 0 Å². The lowest BCUT2D eigenvalue weighted by Gasteiger charge is -2.10. The number of carbonyl (C=O) groups excluding carboxylic acids is 4. The van der Waals surface area contributed by atoms with Gasteiger partial charge in [-0.05, 0) is 162 Å². The molecule has 0 aromatic heterocycles. The molecule has 0 spiro atoms. The number of carbonyl (C=O) groups is 4. The van der Waals surface area contributed by atoms with E-state index in [9.17, 15) is 19.2 Å². The first-order chi connectivity index (χ1) is 30.2. The maximum atomic E-state index is 12.9. The Morgan fingerprint density at radius 3 is 0.903 bits per heavy atom. The topological polar surface area (TPSA) is 105 Å². The molecule has 0 aliphatic carbocycles. The molecule has 62 heavy (non-hydrogen) atoms. The monoisotopic (exact) mass is 822 g/mol. The first kappa shape index (κ1) is 42.5. The molecule has 0 amide bonds. The van der Waals surface area contributed by atoms with E-state index >= 15 is 0 Å². The number of benzene rings is 7. The Morgan fingerprint density at radius 2 is 0.613 bits per heavy atom. The molecule has 0 N–H and O–H groups in total. The minimum atomic E-state index is -0.537. The summed E-state index contributed by atoms with van der Waals surface area (Å²) >= 11 is 0. The van der Waals surface area contributed by atoms with Crippen LogP contribution in [0.5, 0.6) is 23.0 Å². The predicted molar refractivity (Wildman–Crippen MR) is 240 cm³/mol. The summed E-state index contributed by atoms with van der Waals surface area (Å²) in [4.78, 5) is 51.1. The van der Waals surface area contributed by atoms with E-state index in [1.807, 2.05) is 66.7 Å². The summed E-state index contributed by atoms with van der Waals surface area (Å²) in [5, 5.41) is 0. The molecule has 0 saturated carbocycles. The summed E-state index contributed by atoms with van der Waals surface area (Å²) in [6.45, 7) is 4.29. The van der Waals surface area contributed by atoms with Gasteiger partial charge in [0, 0.05) is 0 Å². The molecular formula is C54H46O8. The summed E-state index contributed by atoms with van der Waals surface area (Å²) in [6, 6.07) is 49.8. The second-order valence-corrected chi connectivity index (χ2v) is 14.8. The quantitative estimate of drug-likeness (QED) is 0.0701. The number of hydrogen-bond donors (Lipinski definition) is 0. The van der Waals surface area contributed by atoms with Crippen molar-refractivity contribution in [1.29, 1.82) is 0 Å². The molecule has 310 valence electrons. The summed E-state index contributed by atoms with van der Waals surface area (Å²) in [7, 11) is 0. The van der Waals surface area contributed by atoms with Gasteiger partial charge in [-0.3, -0.25) is 0 Å². The second kappa shape index (κ2) is 20.6. The van der Waals surface area contributed by atoms with Gasteiger partial charge < -0.3 is 18.9 Å². The molecule has 0 fully saturated rings. The van der Waals surface area contributed by atoms with Crippen LogP contribution in [-0.4, -0.2) is 23.9 Å². The standard InChI is InChI=1S/C54H46O8/c1-3-5-8-37-12-16-41(17-13-37)51(55)61-49-32-24-43(25-33-49)53(57)59-47-28-20-39(21-29-47)45-10-7-11-46(36-45)40-22-30-48(31-23-40)60-54(58)44-26-34-50(35-27-44)62-52(56)42-18-14-38(15-19-42)9-6-4-2/h7,10-36H,3-6,8-9H2,1-2H3. The SMILES string of the molecule is CCCCc1ccc(C(=O)Oc2ccc(C(=O)Oc3ccc(-c4cccc(-c5ccc(OC(=O)c6ccc(OC(=O)c7ccc(CCCC)cc7)cc6)cc5)c4)cc3)cc2)cc1. The third-order valence-corrected chi connectivity index (χ3v) is 10.3. The smallest absolute Gasteiger partial charge is 0.343 e. The van der Waals surface area contributed by atoms with Crippen molar-refractivity contribution in [2.24, 2.45) is 0 Å². The first-order valence-corrected chi connectivity index (χ1v) is 20.8. The molecular weight excluding hydrogens is 777 g/mol. The van der Waals surface area contributed by atoms with Crippen LogP contribution in [0.25, 0.3) is 22.3 Å². The highest BCUT2D eigenvalue weighted by atomic mass is 16.5. The van der Waals surface area contributed by atoms with Gasteiger partial charge in [0.05, 0.1) is 22.3 Å². The molecule has 0 aliphatic rings. The minimum absolute atomic E-state index is 0.316. The highest BCUT2D eigenvalue weighted by Crippen LogP contribution is 2.30. The zero-order chi connectivity index (χ0) is 43.3. The Kier molecular flexibility index (Phi) is 14.1. The minimum Gasteiger partial charge on any atom is -0.423 e. The number of ether oxygens (including phenoxy) is 4. The molecule has 0 aliphatic heterocycles. The lowest BCUT2D eigenvalue weighted by atomic mass is 9.99. The van der Waals surface area contributed by atoms with E-state index in [1.54, 1.807) is 97.1 Å². The van der Waals surface area contributed by atoms with E-state index in [2.05, 4.69) is 19.9 Å². The largest absolute Gasteiger partial charge is 0.423 e. The van der Waals surface area contributed by atoms with Crippen LogP contribution in [0.3, 0.4) is 0 Å². The van der Waals surface area contributed by atoms with E-state index in [4.69, 9.17) is 18.9 Å². The molecule has 0 heterocycles. The van der Waals surface area contributed by atoms with Gasteiger partial charge in [0.15, 0.2) is 0 Å². The molecule has 0 unspecified atom stereocenters. The molecule has 0 saturated heterocycles. The van der Waals surface area contributed by atoms with Crippen LogP contribution >= 0.6 is 0 Å². The van der Waals surface area contributed by atoms with Crippen LogP contribution < -0.4 is 18.9 Å². The lowest BCUT2D eigenvalue weighted by molar-refractivity contribution is 0.0720. The molecule has 7 aromatic carbocycles. The second-order valence-electron chi connectivity index (χ2n) is 14.8. The Balaban J connectivity index is 0.893. The van der Waals surface area contributed by atoms with Crippen molar-refractivity contribution >= 4 is 23.9 Å². The van der Waals surface area contributed by atoms with Crippen LogP contribution in [-0.2, 0) is 12.8 Å². The van der Waals surface area contributed by atoms with Crippen LogP contribution in [0.15, 0.2) is 170 Å². The Bertz CT molecular complexity index is 2430. The van der Waals surface area contributed by atoms with Crippen LogP contribution in [0.1, 0.15) is 92.1 Å². The van der Waals surface area contributed by atoms with Gasteiger partial charge in [-0.1, -0.05) is 93.4 Å². The summed E-state index contributed by atoms with van der Waals surface area (Å²) in [5.41, 5.74) is 7.69. The van der Waals surface area contributed by atoms with E-state index in [0.29, 0.717) is 45.3 Å². The van der Waals surface area contributed by atoms with E-state index in [-0.39, 0.29) is 0 Å². The fraction of sp³-hybridized carbons (Fsp3) is 0.148. The van der Waals surface area contributed by atoms with Crippen molar-refractivity contribution in [2.45, 2.75) is 52.4 Å². The molecule has 7 rings (SSSR count). The zero-order valence-corrected chi connectivity index (χ0v) is 34.7. The highest BCUT2D eigenvalue weighted by Gasteiger charge is 2.15. The van der Waals surface area contributed by atoms with Gasteiger partial charge in [0.1, 0.15) is 23.0 Å². The number of unbranched alkanes of at least 4 members (excludes halogenated alkanes) is 2. The van der Waals surface area contributed by atoms with Crippen molar-refractivity contribution in [3.63, 3.8) is 0 Å². The van der Waals surface area contributed by atoms with Crippen molar-refractivity contribution < 1.29 is 38.1 Å². The van der Waals surface area contributed by atoms with E-state index < -0.39 is 23.9 Å². The maximum absolute atomic E-state index is 12.9. The summed E-state index contributed by atoms with van der Waals surface area (Å²) in [5.74, 6) is -0.582. The van der Waals surface area contributed by atoms with Gasteiger partial charge in [-0.25, -0.2) is 19.2 Å². The zero-order valence-electron chi connectivity index (χ0n) is 34.7. The van der Waals surface area contributed by atoms with Gasteiger partial charge in [-0.15, -0.1) is 0 Å². The first-order valence-electron chi connectivity index (χ1n) is 20.8. The van der Waals surface area contributed by atoms with Gasteiger partial charge in [-0.2, -0.15) is 0 Å². The van der Waals surface area contributed by atoms with Gasteiger partial charge in [0.25, 0.3) is 0 Å². The molecule has 0 atom stereocenters. The molecule has 7 aromatic rings. The Hall–Kier alpha value is -7.58. The highest BCUT2D eigenvalue weighted by molar-refractivity contribution is 5.94. The average Bonchev–Trinajstić information content (AvgIpc) is 3.31. The number of rotatable bonds is 16. The van der Waals surface area contributed by atoms with Crippen LogP contribution in [0.2, 0.25) is 0 Å². The molecule has 0 radical (unpaired) electrons. The lowest BCUT2D eigenvalue weighted by Crippen LogP contribution is -2.10. The fourth-order valence-electron chi connectivity index (χ4n) is 6.67. The van der Waals surface area contributed by atoms with E-state index in [1.165, 1.54) is 11.1 Å². The van der Waals surface area contributed by atoms with Crippen LogP contribution in [0, 0.1) is 0 Å². The molecule has 8 heteroatoms. The summed E-state index contributed by atoms with van der Waals surface area (Å²) in [6.07, 6.45) is 6.36. The van der Waals surface area contributed by atoms with Gasteiger partial charge in [0.2, 0.25) is 0 Å². The third-order valence-electron chi connectivity index (χ3n) is 10.3. The summed E-state index contributed by atoms with van der Waals surface area (Å²) < 4.78 is 22.3. The number of aryl methyl sites for hydroxylation is 2. The Morgan fingerprint density at radius 1 is 0.339 bits per heavy atom. The van der Waals surface area contributed by atoms with Crippen molar-refractivity contribution in [2.75, 3.05) is 0 Å². The molecule has 0 bridgehead atoms. The van der Waals surface area contributed by atoms with Crippen molar-refractivity contribution in [3.05, 3.63) is 203 Å². The van der Waals surface area contributed by atoms with Crippen molar-refractivity contribution in [1.82, 2.24) is 0 Å². The van der Waals surface area contributed by atoms with E-state index in [0.717, 1.165) is 60.8 Å². The predicted octanol–water partition coefficient (Wildman–Crippen LogP) is 12.6. The van der Waals surface area contributed by atoms with Gasteiger partial charge >= 0.3 is 23.9 Å². The average molecular weight is 823 g/mol. The normalized spacial score (nSPS) is 10.7. The number of esters is 4.